The van der Waals surface area contributed by atoms with Crippen LogP contribution in [0.5, 0.6) is 0 Å². The lowest BCUT2D eigenvalue weighted by molar-refractivity contribution is 0.0698. The van der Waals surface area contributed by atoms with Crippen LogP contribution < -0.4 is 4.72 Å². The number of anilines is 1. The van der Waals surface area contributed by atoms with Gasteiger partial charge in [-0.15, -0.1) is 0 Å². The number of carboxylic acids is 1. The van der Waals surface area contributed by atoms with Crippen molar-refractivity contribution >= 4 is 44.2 Å². The lowest BCUT2D eigenvalue weighted by atomic mass is 10.2. The standard InChI is InChI=1S/C16H11ClN2O4S/c17-12-7-2-6-11(16(20)21)15(12)19-24(22,23)13-8-1-4-10-5-3-9-18-14(10)13/h1-9,19H,(H,20,21). The zero-order chi connectivity index (χ0) is 17.3. The molecule has 0 aliphatic rings. The van der Waals surface area contributed by atoms with Gasteiger partial charge in [0, 0.05) is 11.6 Å². The number of hydrogen-bond acceptors (Lipinski definition) is 4. The minimum Gasteiger partial charge on any atom is -0.478 e. The zero-order valence-corrected chi connectivity index (χ0v) is 13.7. The fourth-order valence-electron chi connectivity index (χ4n) is 2.29. The Balaban J connectivity index is 2.15. The average Bonchev–Trinajstić information content (AvgIpc) is 2.55. The maximum Gasteiger partial charge on any atom is 0.337 e. The SMILES string of the molecule is O=C(O)c1cccc(Cl)c1NS(=O)(=O)c1cccc2cccnc12. The summed E-state index contributed by atoms with van der Waals surface area (Å²) in [5, 5.41) is 9.87. The monoisotopic (exact) mass is 362 g/mol. The van der Waals surface area contributed by atoms with E-state index in [1.165, 1.54) is 30.5 Å². The summed E-state index contributed by atoms with van der Waals surface area (Å²) in [4.78, 5) is 15.3. The van der Waals surface area contributed by atoms with Gasteiger partial charge in [-0.2, -0.15) is 0 Å². The Morgan fingerprint density at radius 2 is 1.79 bits per heavy atom. The summed E-state index contributed by atoms with van der Waals surface area (Å²) >= 11 is 5.98. The summed E-state index contributed by atoms with van der Waals surface area (Å²) in [7, 11) is -4.08. The molecule has 0 aliphatic carbocycles. The maximum atomic E-state index is 12.7. The van der Waals surface area contributed by atoms with Crippen LogP contribution in [0.3, 0.4) is 0 Å². The van der Waals surface area contributed by atoms with Crippen molar-refractivity contribution in [1.82, 2.24) is 4.98 Å². The Hall–Kier alpha value is -2.64. The Kier molecular flexibility index (Phi) is 4.13. The van der Waals surface area contributed by atoms with E-state index >= 15 is 0 Å². The van der Waals surface area contributed by atoms with Gasteiger partial charge in [0.1, 0.15) is 4.90 Å². The van der Waals surface area contributed by atoms with Gasteiger partial charge in [0.25, 0.3) is 10.0 Å². The van der Waals surface area contributed by atoms with Crippen LogP contribution in [-0.2, 0) is 10.0 Å². The van der Waals surface area contributed by atoms with Crippen molar-refractivity contribution in [3.05, 3.63) is 65.3 Å². The van der Waals surface area contributed by atoms with E-state index in [0.717, 1.165) is 0 Å². The number of nitrogens with zero attached hydrogens (tertiary/aromatic N) is 1. The number of benzene rings is 2. The Morgan fingerprint density at radius 1 is 1.08 bits per heavy atom. The van der Waals surface area contributed by atoms with E-state index in [0.29, 0.717) is 5.39 Å². The van der Waals surface area contributed by atoms with Crippen LogP contribution in [0.2, 0.25) is 5.02 Å². The third kappa shape index (κ3) is 2.91. The van der Waals surface area contributed by atoms with Crippen LogP contribution in [0.4, 0.5) is 5.69 Å². The van der Waals surface area contributed by atoms with Crippen molar-refractivity contribution in [3.63, 3.8) is 0 Å². The number of aromatic carboxylic acids is 1. The van der Waals surface area contributed by atoms with Crippen LogP contribution in [-0.4, -0.2) is 24.5 Å². The molecule has 0 amide bonds. The van der Waals surface area contributed by atoms with Crippen molar-refractivity contribution in [1.29, 1.82) is 0 Å². The first-order valence-corrected chi connectivity index (χ1v) is 8.64. The number of halogens is 1. The van der Waals surface area contributed by atoms with Crippen LogP contribution in [0, 0.1) is 0 Å². The second-order valence-corrected chi connectivity index (χ2v) is 6.96. The highest BCUT2D eigenvalue weighted by Crippen LogP contribution is 2.30. The van der Waals surface area contributed by atoms with Gasteiger partial charge in [-0.3, -0.25) is 9.71 Å². The molecule has 0 atom stereocenters. The molecule has 0 radical (unpaired) electrons. The number of fused-ring (bicyclic) bond motifs is 1. The summed E-state index contributed by atoms with van der Waals surface area (Å²) in [5.41, 5.74) is -0.129. The fraction of sp³-hybridized carbons (Fsp3) is 0. The highest BCUT2D eigenvalue weighted by atomic mass is 35.5. The van der Waals surface area contributed by atoms with Gasteiger partial charge in [-0.05, 0) is 24.3 Å². The first-order valence-electron chi connectivity index (χ1n) is 6.78. The van der Waals surface area contributed by atoms with Crippen LogP contribution in [0.15, 0.2) is 59.6 Å². The number of para-hydroxylation sites is 2. The van der Waals surface area contributed by atoms with Gasteiger partial charge >= 0.3 is 5.97 Å². The molecule has 0 saturated heterocycles. The Morgan fingerprint density at radius 3 is 2.54 bits per heavy atom. The molecule has 0 spiro atoms. The topological polar surface area (TPSA) is 96.4 Å². The highest BCUT2D eigenvalue weighted by Gasteiger charge is 2.22. The maximum absolute atomic E-state index is 12.7. The second kappa shape index (κ2) is 6.10. The molecule has 0 aliphatic heterocycles. The number of carbonyl (C=O) groups is 1. The van der Waals surface area contributed by atoms with Crippen molar-refractivity contribution in [3.8, 4) is 0 Å². The summed E-state index contributed by atoms with van der Waals surface area (Å²) in [6.07, 6.45) is 1.49. The van der Waals surface area contributed by atoms with Crippen LogP contribution in [0.1, 0.15) is 10.4 Å². The molecule has 0 unspecified atom stereocenters. The molecule has 0 bridgehead atoms. The number of hydrogen-bond donors (Lipinski definition) is 2. The minimum atomic E-state index is -4.08. The smallest absolute Gasteiger partial charge is 0.337 e. The predicted octanol–water partition coefficient (Wildman–Crippen LogP) is 3.39. The lowest BCUT2D eigenvalue weighted by Crippen LogP contribution is -2.16. The van der Waals surface area contributed by atoms with E-state index in [1.807, 2.05) is 0 Å². The third-order valence-corrected chi connectivity index (χ3v) is 5.06. The largest absolute Gasteiger partial charge is 0.478 e. The van der Waals surface area contributed by atoms with Gasteiger partial charge in [0.15, 0.2) is 0 Å². The molecule has 1 aromatic heterocycles. The molecule has 1 heterocycles. The zero-order valence-electron chi connectivity index (χ0n) is 12.1. The summed E-state index contributed by atoms with van der Waals surface area (Å²) in [6.45, 7) is 0. The predicted molar refractivity (Wildman–Crippen MR) is 91.0 cm³/mol. The first-order chi connectivity index (χ1) is 11.4. The molecule has 2 N–H and O–H groups in total. The molecular formula is C16H11ClN2O4S. The molecule has 6 nitrogen and oxygen atoms in total. The minimum absolute atomic E-state index is 0.00771. The van der Waals surface area contributed by atoms with Crippen LogP contribution >= 0.6 is 11.6 Å². The molecule has 0 saturated carbocycles. The van der Waals surface area contributed by atoms with Crippen LogP contribution in [0.25, 0.3) is 10.9 Å². The van der Waals surface area contributed by atoms with Crippen molar-refractivity contribution in [2.75, 3.05) is 4.72 Å². The lowest BCUT2D eigenvalue weighted by Gasteiger charge is -2.13. The summed E-state index contributed by atoms with van der Waals surface area (Å²) in [5.74, 6) is -1.29. The van der Waals surface area contributed by atoms with Gasteiger partial charge in [0.2, 0.25) is 0 Å². The quantitative estimate of drug-likeness (QED) is 0.741. The average molecular weight is 363 g/mol. The first kappa shape index (κ1) is 16.2. The number of aromatic nitrogens is 1. The van der Waals surface area contributed by atoms with Gasteiger partial charge < -0.3 is 5.11 Å². The molecule has 0 fully saturated rings. The molecule has 3 rings (SSSR count). The van der Waals surface area contributed by atoms with E-state index in [4.69, 9.17) is 11.6 Å². The third-order valence-electron chi connectivity index (χ3n) is 3.37. The highest BCUT2D eigenvalue weighted by molar-refractivity contribution is 7.93. The van der Waals surface area contributed by atoms with Crippen molar-refractivity contribution in [2.24, 2.45) is 0 Å². The van der Waals surface area contributed by atoms with Gasteiger partial charge in [-0.25, -0.2) is 13.2 Å². The fourth-order valence-corrected chi connectivity index (χ4v) is 3.85. The van der Waals surface area contributed by atoms with E-state index in [2.05, 4.69) is 9.71 Å². The molecule has 2 aromatic carbocycles. The number of carboxylic acid groups (broad SMARTS) is 1. The second-order valence-electron chi connectivity index (χ2n) is 4.90. The van der Waals surface area contributed by atoms with E-state index in [-0.39, 0.29) is 26.7 Å². The van der Waals surface area contributed by atoms with Gasteiger partial charge in [-0.1, -0.05) is 35.9 Å². The molecule has 24 heavy (non-hydrogen) atoms. The number of nitrogens with one attached hydrogen (secondary N) is 1. The van der Waals surface area contributed by atoms with E-state index in [1.54, 1.807) is 24.3 Å². The number of pyridine rings is 1. The number of sulfonamides is 1. The normalized spacial score (nSPS) is 11.4. The number of rotatable bonds is 4. The molecular weight excluding hydrogens is 352 g/mol. The van der Waals surface area contributed by atoms with Crippen molar-refractivity contribution in [2.45, 2.75) is 4.90 Å². The summed E-state index contributed by atoms with van der Waals surface area (Å²) < 4.78 is 27.7. The van der Waals surface area contributed by atoms with E-state index in [9.17, 15) is 18.3 Å². The van der Waals surface area contributed by atoms with Gasteiger partial charge in [0.05, 0.1) is 21.8 Å². The Labute approximate surface area is 142 Å². The molecule has 8 heteroatoms. The Bertz CT molecular complexity index is 1050. The van der Waals surface area contributed by atoms with E-state index < -0.39 is 16.0 Å². The summed E-state index contributed by atoms with van der Waals surface area (Å²) in [6, 6.07) is 12.3. The molecule has 122 valence electrons. The van der Waals surface area contributed by atoms with Crippen molar-refractivity contribution < 1.29 is 18.3 Å². The molecule has 3 aromatic rings.